The normalized spacial score (nSPS) is 11.8. The van der Waals surface area contributed by atoms with Crippen molar-refractivity contribution < 1.29 is 42.9 Å². The summed E-state index contributed by atoms with van der Waals surface area (Å²) in [4.78, 5) is 0. The Kier molecular flexibility index (Phi) is 26.9. The molecule has 0 saturated carbocycles. The van der Waals surface area contributed by atoms with Gasteiger partial charge in [-0.05, 0) is 25.7 Å². The van der Waals surface area contributed by atoms with E-state index in [2.05, 4.69) is 53.8 Å². The number of unbranched alkanes of at least 4 members (excludes halogenated alkanes) is 10. The van der Waals surface area contributed by atoms with Gasteiger partial charge in [0.1, 0.15) is 0 Å². The predicted octanol–water partition coefficient (Wildman–Crippen LogP) is 0.601. The number of thioether (sulfide) groups is 1. The average Bonchev–Trinajstić information content (AvgIpc) is 2.60. The first kappa shape index (κ1) is 34.8. The highest BCUT2D eigenvalue weighted by atomic mass is 79.9. The molecule has 0 fully saturated rings. The Morgan fingerprint density at radius 2 is 0.759 bits per heavy atom. The molecular formula is C24H54Br2N2S. The third-order valence-corrected chi connectivity index (χ3v) is 6.86. The van der Waals surface area contributed by atoms with Crippen LogP contribution in [0.2, 0.25) is 0 Å². The maximum atomic E-state index is 2.42. The fourth-order valence-corrected chi connectivity index (χ4v) is 5.04. The van der Waals surface area contributed by atoms with Crippen molar-refractivity contribution >= 4 is 11.8 Å². The largest absolute Gasteiger partial charge is 1.00 e. The van der Waals surface area contributed by atoms with Crippen molar-refractivity contribution in [2.24, 2.45) is 0 Å². The summed E-state index contributed by atoms with van der Waals surface area (Å²) in [6, 6.07) is 0. The molecule has 0 bridgehead atoms. The summed E-state index contributed by atoms with van der Waals surface area (Å²) in [5.74, 6) is 2.64. The lowest BCUT2D eigenvalue weighted by Crippen LogP contribution is -3.00. The van der Waals surface area contributed by atoms with E-state index in [4.69, 9.17) is 0 Å². The van der Waals surface area contributed by atoms with Crippen LogP contribution in [0.25, 0.3) is 0 Å². The lowest BCUT2D eigenvalue weighted by molar-refractivity contribution is -0.888. The molecule has 0 aliphatic heterocycles. The molecule has 0 aliphatic rings. The van der Waals surface area contributed by atoms with Gasteiger partial charge in [-0.15, -0.1) is 0 Å². The lowest BCUT2D eigenvalue weighted by Gasteiger charge is -2.31. The van der Waals surface area contributed by atoms with Gasteiger partial charge >= 0.3 is 0 Å². The van der Waals surface area contributed by atoms with Crippen molar-refractivity contribution in [1.29, 1.82) is 0 Å². The van der Waals surface area contributed by atoms with E-state index >= 15 is 0 Å². The van der Waals surface area contributed by atoms with Gasteiger partial charge in [0.25, 0.3) is 0 Å². The number of rotatable bonds is 20. The highest BCUT2D eigenvalue weighted by molar-refractivity contribution is 7.99. The summed E-state index contributed by atoms with van der Waals surface area (Å²) in [5.41, 5.74) is 0. The molecule has 0 saturated heterocycles. The van der Waals surface area contributed by atoms with Crippen LogP contribution in [0, 0.1) is 0 Å². The Labute approximate surface area is 210 Å². The second kappa shape index (κ2) is 22.4. The molecule has 0 rings (SSSR count). The SMILES string of the molecule is CCCCCCCC[N+](C)(C)CCSCC[N+](C)(C)CCCCCCCC.[Br-].[Br-]. The number of quaternary nitrogens is 2. The number of halogens is 2. The molecule has 0 radical (unpaired) electrons. The summed E-state index contributed by atoms with van der Waals surface area (Å²) < 4.78 is 2.41. The van der Waals surface area contributed by atoms with Crippen LogP contribution in [-0.2, 0) is 0 Å². The average molecular weight is 563 g/mol. The van der Waals surface area contributed by atoms with E-state index in [0.717, 1.165) is 0 Å². The van der Waals surface area contributed by atoms with Crippen LogP contribution < -0.4 is 34.0 Å². The first-order valence-electron chi connectivity index (χ1n) is 12.0. The van der Waals surface area contributed by atoms with Crippen molar-refractivity contribution in [2.75, 3.05) is 65.9 Å². The van der Waals surface area contributed by atoms with Gasteiger partial charge in [0.15, 0.2) is 0 Å². The van der Waals surface area contributed by atoms with Crippen LogP contribution >= 0.6 is 11.8 Å². The molecule has 0 atom stereocenters. The zero-order valence-electron chi connectivity index (χ0n) is 20.8. The predicted molar refractivity (Wildman–Crippen MR) is 128 cm³/mol. The minimum absolute atomic E-state index is 0. The zero-order chi connectivity index (χ0) is 20.4. The summed E-state index contributed by atoms with van der Waals surface area (Å²) in [6.45, 7) is 9.95. The first-order chi connectivity index (χ1) is 12.8. The van der Waals surface area contributed by atoms with Crippen molar-refractivity contribution in [3.63, 3.8) is 0 Å². The molecule has 0 amide bonds. The van der Waals surface area contributed by atoms with E-state index in [9.17, 15) is 0 Å². The fraction of sp³-hybridized carbons (Fsp3) is 1.00. The minimum atomic E-state index is 0. The van der Waals surface area contributed by atoms with Crippen LogP contribution in [0.1, 0.15) is 90.9 Å². The Morgan fingerprint density at radius 3 is 1.10 bits per heavy atom. The maximum Gasteiger partial charge on any atom is 0.0874 e. The topological polar surface area (TPSA) is 0 Å². The monoisotopic (exact) mass is 560 g/mol. The molecule has 0 aromatic carbocycles. The molecule has 180 valence electrons. The summed E-state index contributed by atoms with van der Waals surface area (Å²) >= 11 is 2.18. The van der Waals surface area contributed by atoms with Gasteiger partial charge in [0.2, 0.25) is 0 Å². The standard InChI is InChI=1S/C24H54N2S.2BrH/c1-7-9-11-13-15-17-19-25(3,4)21-23-27-24-22-26(5,6)20-18-16-14-12-10-8-2;;/h7-24H2,1-6H3;2*1H/q+2;;/p-2. The smallest absolute Gasteiger partial charge is 0.0874 e. The van der Waals surface area contributed by atoms with Gasteiger partial charge < -0.3 is 42.9 Å². The van der Waals surface area contributed by atoms with Crippen molar-refractivity contribution in [3.8, 4) is 0 Å². The fourth-order valence-electron chi connectivity index (χ4n) is 3.59. The van der Waals surface area contributed by atoms with E-state index < -0.39 is 0 Å². The third kappa shape index (κ3) is 25.4. The van der Waals surface area contributed by atoms with Crippen LogP contribution in [0.5, 0.6) is 0 Å². The molecule has 0 unspecified atom stereocenters. The van der Waals surface area contributed by atoms with E-state index in [1.54, 1.807) is 0 Å². The maximum absolute atomic E-state index is 2.42. The molecule has 0 spiro atoms. The molecule has 5 heteroatoms. The summed E-state index contributed by atoms with van der Waals surface area (Å²) in [5, 5.41) is 0. The van der Waals surface area contributed by atoms with Gasteiger partial charge in [-0.1, -0.05) is 65.2 Å². The van der Waals surface area contributed by atoms with Crippen molar-refractivity contribution in [3.05, 3.63) is 0 Å². The van der Waals surface area contributed by atoms with Crippen LogP contribution in [0.4, 0.5) is 0 Å². The quantitative estimate of drug-likeness (QED) is 0.155. The van der Waals surface area contributed by atoms with E-state index in [1.165, 1.54) is 124 Å². The van der Waals surface area contributed by atoms with Crippen LogP contribution in [0.3, 0.4) is 0 Å². The molecule has 0 heterocycles. The molecule has 0 N–H and O–H groups in total. The highest BCUT2D eigenvalue weighted by Crippen LogP contribution is 2.12. The molecular weight excluding hydrogens is 508 g/mol. The first-order valence-corrected chi connectivity index (χ1v) is 13.2. The van der Waals surface area contributed by atoms with Gasteiger partial charge in [-0.2, -0.15) is 11.8 Å². The van der Waals surface area contributed by atoms with Gasteiger partial charge in [-0.25, -0.2) is 0 Å². The Morgan fingerprint density at radius 1 is 0.448 bits per heavy atom. The van der Waals surface area contributed by atoms with E-state index in [-0.39, 0.29) is 34.0 Å². The summed E-state index contributed by atoms with van der Waals surface area (Å²) in [7, 11) is 9.69. The molecule has 0 aromatic heterocycles. The van der Waals surface area contributed by atoms with E-state index in [1.807, 2.05) is 0 Å². The molecule has 0 aromatic rings. The molecule has 29 heavy (non-hydrogen) atoms. The number of nitrogens with zero attached hydrogens (tertiary/aromatic N) is 2. The second-order valence-electron chi connectivity index (χ2n) is 9.91. The van der Waals surface area contributed by atoms with Crippen molar-refractivity contribution in [2.45, 2.75) is 90.9 Å². The highest BCUT2D eigenvalue weighted by Gasteiger charge is 2.16. The Bertz CT molecular complexity index is 296. The number of hydrogen-bond donors (Lipinski definition) is 0. The minimum Gasteiger partial charge on any atom is -1.00 e. The van der Waals surface area contributed by atoms with Gasteiger partial charge in [0.05, 0.1) is 54.4 Å². The molecule has 2 nitrogen and oxygen atoms in total. The van der Waals surface area contributed by atoms with Gasteiger partial charge in [-0.3, -0.25) is 0 Å². The van der Waals surface area contributed by atoms with Crippen LogP contribution in [-0.4, -0.2) is 74.8 Å². The second-order valence-corrected chi connectivity index (χ2v) is 11.1. The zero-order valence-corrected chi connectivity index (χ0v) is 24.8. The van der Waals surface area contributed by atoms with E-state index in [0.29, 0.717) is 0 Å². The van der Waals surface area contributed by atoms with Crippen LogP contribution in [0.15, 0.2) is 0 Å². The van der Waals surface area contributed by atoms with Crippen molar-refractivity contribution in [1.82, 2.24) is 0 Å². The third-order valence-electron chi connectivity index (χ3n) is 5.92. The van der Waals surface area contributed by atoms with Gasteiger partial charge in [0, 0.05) is 11.5 Å². The summed E-state index contributed by atoms with van der Waals surface area (Å²) in [6.07, 6.45) is 17.0. The Hall–Kier alpha value is 1.23. The molecule has 0 aliphatic carbocycles. The number of hydrogen-bond acceptors (Lipinski definition) is 1. The lowest BCUT2D eigenvalue weighted by atomic mass is 10.1. The Balaban J connectivity index is -0.00000338.